The van der Waals surface area contributed by atoms with Crippen LogP contribution in [-0.4, -0.2) is 22.3 Å². The molecule has 1 aromatic heterocycles. The zero-order valence-corrected chi connectivity index (χ0v) is 11.4. The molecule has 2 aromatic rings. The van der Waals surface area contributed by atoms with Crippen LogP contribution in [0.25, 0.3) is 0 Å². The summed E-state index contributed by atoms with van der Waals surface area (Å²) in [6.07, 6.45) is 5.08. The van der Waals surface area contributed by atoms with Crippen LogP contribution in [0.15, 0.2) is 48.8 Å². The number of aliphatic hydroxyl groups is 1. The minimum Gasteiger partial charge on any atom is -0.396 e. The Balaban J connectivity index is 1.85. The van der Waals surface area contributed by atoms with Crippen LogP contribution in [0.4, 0.5) is 0 Å². The molecular weight excluding hydrogens is 236 g/mol. The number of nitrogens with zero attached hydrogens (tertiary/aromatic N) is 1. The molecule has 102 valence electrons. The molecule has 0 spiro atoms. The van der Waals surface area contributed by atoms with E-state index in [2.05, 4.69) is 59.5 Å². The van der Waals surface area contributed by atoms with Crippen LogP contribution >= 0.6 is 0 Å². The van der Waals surface area contributed by atoms with Crippen molar-refractivity contribution in [1.82, 2.24) is 9.88 Å². The first-order valence-electron chi connectivity index (χ1n) is 6.81. The summed E-state index contributed by atoms with van der Waals surface area (Å²) < 4.78 is 2.20. The highest BCUT2D eigenvalue weighted by molar-refractivity contribution is 5.17. The van der Waals surface area contributed by atoms with Gasteiger partial charge in [0, 0.05) is 38.1 Å². The number of aromatic nitrogens is 1. The minimum absolute atomic E-state index is 0.239. The Hall–Kier alpha value is -1.58. The van der Waals surface area contributed by atoms with Crippen molar-refractivity contribution in [2.75, 3.05) is 6.61 Å². The summed E-state index contributed by atoms with van der Waals surface area (Å²) in [5, 5.41) is 12.3. The number of hydrogen-bond donors (Lipinski definition) is 2. The van der Waals surface area contributed by atoms with Gasteiger partial charge in [0.2, 0.25) is 0 Å². The molecule has 0 saturated carbocycles. The quantitative estimate of drug-likeness (QED) is 0.800. The van der Waals surface area contributed by atoms with Gasteiger partial charge < -0.3 is 15.0 Å². The van der Waals surface area contributed by atoms with Gasteiger partial charge in [-0.1, -0.05) is 30.3 Å². The van der Waals surface area contributed by atoms with Gasteiger partial charge in [-0.3, -0.25) is 0 Å². The Labute approximate surface area is 114 Å². The predicted octanol–water partition coefficient (Wildman–Crippen LogP) is 2.40. The minimum atomic E-state index is 0.239. The highest BCUT2D eigenvalue weighted by Crippen LogP contribution is 2.06. The monoisotopic (exact) mass is 258 g/mol. The summed E-state index contributed by atoms with van der Waals surface area (Å²) in [4.78, 5) is 0. The predicted molar refractivity (Wildman–Crippen MR) is 78.0 cm³/mol. The third kappa shape index (κ3) is 4.54. The number of hydrogen-bond acceptors (Lipinski definition) is 2. The number of benzene rings is 1. The van der Waals surface area contributed by atoms with Gasteiger partial charge in [-0.15, -0.1) is 0 Å². The van der Waals surface area contributed by atoms with E-state index in [-0.39, 0.29) is 6.61 Å². The molecule has 2 rings (SSSR count). The summed E-state index contributed by atoms with van der Waals surface area (Å²) in [6, 6.07) is 12.9. The average Bonchev–Trinajstić information content (AvgIpc) is 2.86. The molecule has 19 heavy (non-hydrogen) atoms. The van der Waals surface area contributed by atoms with E-state index in [9.17, 15) is 0 Å². The lowest BCUT2D eigenvalue weighted by Gasteiger charge is -2.11. The second-order valence-corrected chi connectivity index (χ2v) is 4.97. The largest absolute Gasteiger partial charge is 0.396 e. The Kier molecular flexibility index (Phi) is 5.19. The topological polar surface area (TPSA) is 37.2 Å². The molecule has 0 aliphatic carbocycles. The van der Waals surface area contributed by atoms with Gasteiger partial charge >= 0.3 is 0 Å². The van der Waals surface area contributed by atoms with Gasteiger partial charge in [-0.25, -0.2) is 0 Å². The van der Waals surface area contributed by atoms with Crippen molar-refractivity contribution in [2.45, 2.75) is 32.5 Å². The molecule has 0 fully saturated rings. The van der Waals surface area contributed by atoms with E-state index in [1.807, 2.05) is 6.07 Å². The molecular formula is C16H22N2O. The van der Waals surface area contributed by atoms with E-state index in [4.69, 9.17) is 5.11 Å². The van der Waals surface area contributed by atoms with Crippen LogP contribution < -0.4 is 5.32 Å². The highest BCUT2D eigenvalue weighted by Gasteiger charge is 2.02. The average molecular weight is 258 g/mol. The lowest BCUT2D eigenvalue weighted by molar-refractivity contribution is 0.268. The van der Waals surface area contributed by atoms with Crippen molar-refractivity contribution in [3.63, 3.8) is 0 Å². The van der Waals surface area contributed by atoms with Crippen LogP contribution in [0, 0.1) is 0 Å². The molecule has 3 nitrogen and oxygen atoms in total. The number of nitrogens with one attached hydrogen (secondary N) is 1. The SMILES string of the molecule is CC(CCO)NCc1ccn(Cc2ccccc2)c1. The van der Waals surface area contributed by atoms with Crippen molar-refractivity contribution in [3.8, 4) is 0 Å². The van der Waals surface area contributed by atoms with E-state index >= 15 is 0 Å². The zero-order valence-electron chi connectivity index (χ0n) is 11.4. The van der Waals surface area contributed by atoms with Crippen molar-refractivity contribution in [3.05, 3.63) is 59.9 Å². The smallest absolute Gasteiger partial charge is 0.0470 e. The molecule has 0 aliphatic rings. The maximum atomic E-state index is 8.86. The van der Waals surface area contributed by atoms with Crippen molar-refractivity contribution in [2.24, 2.45) is 0 Å². The van der Waals surface area contributed by atoms with Crippen LogP contribution in [-0.2, 0) is 13.1 Å². The summed E-state index contributed by atoms with van der Waals surface area (Å²) in [5.74, 6) is 0. The van der Waals surface area contributed by atoms with Crippen LogP contribution in [0.2, 0.25) is 0 Å². The molecule has 3 heteroatoms. The van der Waals surface area contributed by atoms with Crippen molar-refractivity contribution < 1.29 is 5.11 Å². The van der Waals surface area contributed by atoms with Gasteiger partial charge in [0.05, 0.1) is 0 Å². The van der Waals surface area contributed by atoms with E-state index in [1.54, 1.807) is 0 Å². The number of rotatable bonds is 7. The van der Waals surface area contributed by atoms with Gasteiger partial charge in [-0.05, 0) is 30.5 Å². The lowest BCUT2D eigenvalue weighted by Crippen LogP contribution is -2.26. The molecule has 0 radical (unpaired) electrons. The maximum Gasteiger partial charge on any atom is 0.0470 e. The van der Waals surface area contributed by atoms with Crippen LogP contribution in [0.5, 0.6) is 0 Å². The summed E-state index contributed by atoms with van der Waals surface area (Å²) in [6.45, 7) is 4.09. The lowest BCUT2D eigenvalue weighted by atomic mass is 10.2. The van der Waals surface area contributed by atoms with Gasteiger partial charge in [0.15, 0.2) is 0 Å². The Bertz CT molecular complexity index is 479. The molecule has 1 aromatic carbocycles. The Morgan fingerprint density at radius 1 is 1.16 bits per heavy atom. The Morgan fingerprint density at radius 3 is 2.68 bits per heavy atom. The van der Waals surface area contributed by atoms with E-state index in [0.29, 0.717) is 6.04 Å². The summed E-state index contributed by atoms with van der Waals surface area (Å²) in [5.41, 5.74) is 2.59. The first-order valence-corrected chi connectivity index (χ1v) is 6.81. The van der Waals surface area contributed by atoms with E-state index in [0.717, 1.165) is 19.5 Å². The highest BCUT2D eigenvalue weighted by atomic mass is 16.3. The van der Waals surface area contributed by atoms with E-state index < -0.39 is 0 Å². The summed E-state index contributed by atoms with van der Waals surface area (Å²) in [7, 11) is 0. The third-order valence-corrected chi connectivity index (χ3v) is 3.24. The molecule has 2 N–H and O–H groups in total. The fourth-order valence-corrected chi connectivity index (χ4v) is 2.08. The molecule has 1 atom stereocenters. The molecule has 1 heterocycles. The second-order valence-electron chi connectivity index (χ2n) is 4.97. The molecule has 0 amide bonds. The van der Waals surface area contributed by atoms with Crippen molar-refractivity contribution in [1.29, 1.82) is 0 Å². The maximum absolute atomic E-state index is 8.86. The normalized spacial score (nSPS) is 12.5. The van der Waals surface area contributed by atoms with E-state index in [1.165, 1.54) is 11.1 Å². The molecule has 0 bridgehead atoms. The fourth-order valence-electron chi connectivity index (χ4n) is 2.08. The van der Waals surface area contributed by atoms with Gasteiger partial charge in [0.25, 0.3) is 0 Å². The molecule has 0 saturated heterocycles. The first-order chi connectivity index (χ1) is 9.28. The van der Waals surface area contributed by atoms with Gasteiger partial charge in [0.1, 0.15) is 0 Å². The third-order valence-electron chi connectivity index (χ3n) is 3.24. The second kappa shape index (κ2) is 7.12. The standard InChI is InChI=1S/C16H22N2O/c1-14(8-10-19)17-11-16-7-9-18(13-16)12-15-5-3-2-4-6-15/h2-7,9,13-14,17,19H,8,10-12H2,1H3. The number of aliphatic hydroxyl groups excluding tert-OH is 1. The first kappa shape index (κ1) is 13.8. The van der Waals surface area contributed by atoms with Crippen LogP contribution in [0.1, 0.15) is 24.5 Å². The van der Waals surface area contributed by atoms with Crippen LogP contribution in [0.3, 0.4) is 0 Å². The summed E-state index contributed by atoms with van der Waals surface area (Å²) >= 11 is 0. The van der Waals surface area contributed by atoms with Gasteiger partial charge in [-0.2, -0.15) is 0 Å². The van der Waals surface area contributed by atoms with Crippen molar-refractivity contribution >= 4 is 0 Å². The zero-order chi connectivity index (χ0) is 13.5. The molecule has 1 unspecified atom stereocenters. The molecule has 0 aliphatic heterocycles. The fraction of sp³-hybridized carbons (Fsp3) is 0.375. The Morgan fingerprint density at radius 2 is 1.95 bits per heavy atom.